The standard InChI is InChI=1S/C19H22N6O2S2/c1-10-4-12-7-29-18(20)25-19(12,9-27-10)17-24-15(8-28-17)23-16(26)14-6-21-13(5-22-14)11-2-3-11/h5-6,8,10-12H,2-4,7,9H2,1H3,(H2,20,25)(H,23,26). The number of amidine groups is 1. The average Bonchev–Trinajstić information content (AvgIpc) is 3.47. The van der Waals surface area contributed by atoms with Gasteiger partial charge in [-0.3, -0.25) is 9.78 Å². The van der Waals surface area contributed by atoms with Crippen molar-refractivity contribution in [2.45, 2.75) is 43.7 Å². The molecule has 10 heteroatoms. The van der Waals surface area contributed by atoms with Crippen LogP contribution in [0.25, 0.3) is 0 Å². The fourth-order valence-corrected chi connectivity index (χ4v) is 5.81. The molecule has 152 valence electrons. The van der Waals surface area contributed by atoms with E-state index in [2.05, 4.69) is 27.2 Å². The number of carbonyl (C=O) groups excluding carboxylic acids is 1. The summed E-state index contributed by atoms with van der Waals surface area (Å²) >= 11 is 3.06. The summed E-state index contributed by atoms with van der Waals surface area (Å²) in [6.07, 6.45) is 6.63. The molecule has 3 unspecified atom stereocenters. The molecule has 2 aromatic heterocycles. The largest absolute Gasteiger partial charge is 0.379 e. The van der Waals surface area contributed by atoms with E-state index in [4.69, 9.17) is 15.5 Å². The lowest BCUT2D eigenvalue weighted by Crippen LogP contribution is -2.49. The van der Waals surface area contributed by atoms with E-state index in [0.29, 0.717) is 29.4 Å². The third-order valence-corrected chi connectivity index (χ3v) is 7.60. The number of carbonyl (C=O) groups is 1. The summed E-state index contributed by atoms with van der Waals surface area (Å²) in [6.45, 7) is 2.54. The first-order chi connectivity index (χ1) is 14.0. The van der Waals surface area contributed by atoms with Crippen LogP contribution in [0.1, 0.15) is 53.3 Å². The van der Waals surface area contributed by atoms with Gasteiger partial charge in [-0.15, -0.1) is 11.3 Å². The van der Waals surface area contributed by atoms with Gasteiger partial charge in [0, 0.05) is 29.2 Å². The van der Waals surface area contributed by atoms with Gasteiger partial charge in [0.15, 0.2) is 5.17 Å². The first kappa shape index (κ1) is 19.0. The molecule has 2 aliphatic heterocycles. The minimum absolute atomic E-state index is 0.194. The van der Waals surface area contributed by atoms with Crippen molar-refractivity contribution in [3.05, 3.63) is 34.2 Å². The molecule has 2 fully saturated rings. The van der Waals surface area contributed by atoms with Crippen LogP contribution < -0.4 is 11.1 Å². The van der Waals surface area contributed by atoms with Crippen LogP contribution in [0.4, 0.5) is 5.82 Å². The van der Waals surface area contributed by atoms with Crippen LogP contribution in [-0.2, 0) is 10.3 Å². The van der Waals surface area contributed by atoms with Crippen molar-refractivity contribution < 1.29 is 9.53 Å². The normalized spacial score (nSPS) is 29.1. The summed E-state index contributed by atoms with van der Waals surface area (Å²) in [4.78, 5) is 30.6. The summed E-state index contributed by atoms with van der Waals surface area (Å²) < 4.78 is 5.94. The second kappa shape index (κ2) is 7.33. The summed E-state index contributed by atoms with van der Waals surface area (Å²) in [7, 11) is 0. The molecule has 8 nitrogen and oxygen atoms in total. The van der Waals surface area contributed by atoms with Crippen molar-refractivity contribution in [1.29, 1.82) is 0 Å². The zero-order chi connectivity index (χ0) is 20.0. The van der Waals surface area contributed by atoms with E-state index in [0.717, 1.165) is 35.7 Å². The van der Waals surface area contributed by atoms with Crippen LogP contribution in [0.2, 0.25) is 0 Å². The molecular formula is C19H22N6O2S2. The van der Waals surface area contributed by atoms with Crippen LogP contribution in [0.3, 0.4) is 0 Å². The van der Waals surface area contributed by atoms with Crippen molar-refractivity contribution in [2.75, 3.05) is 17.7 Å². The van der Waals surface area contributed by atoms with Gasteiger partial charge >= 0.3 is 0 Å². The van der Waals surface area contributed by atoms with Gasteiger partial charge in [0.2, 0.25) is 0 Å². The second-order valence-corrected chi connectivity index (χ2v) is 9.73. The molecular weight excluding hydrogens is 408 g/mol. The van der Waals surface area contributed by atoms with Gasteiger partial charge in [0.1, 0.15) is 22.1 Å². The molecule has 3 N–H and O–H groups in total. The van der Waals surface area contributed by atoms with Gasteiger partial charge in [-0.1, -0.05) is 11.8 Å². The Kier molecular flexibility index (Phi) is 4.79. The number of nitrogens with two attached hydrogens (primary N) is 1. The Morgan fingerprint density at radius 3 is 2.97 bits per heavy atom. The predicted octanol–water partition coefficient (Wildman–Crippen LogP) is 2.74. The highest BCUT2D eigenvalue weighted by atomic mass is 32.2. The highest BCUT2D eigenvalue weighted by molar-refractivity contribution is 8.13. The van der Waals surface area contributed by atoms with E-state index in [1.807, 2.05) is 5.38 Å². The minimum Gasteiger partial charge on any atom is -0.379 e. The van der Waals surface area contributed by atoms with Crippen molar-refractivity contribution in [1.82, 2.24) is 15.0 Å². The van der Waals surface area contributed by atoms with Crippen LogP contribution in [0, 0.1) is 5.92 Å². The molecule has 3 aliphatic rings. The number of amides is 1. The molecule has 1 saturated heterocycles. The van der Waals surface area contributed by atoms with E-state index in [9.17, 15) is 4.79 Å². The molecule has 3 atom stereocenters. The number of thiazole rings is 1. The van der Waals surface area contributed by atoms with E-state index >= 15 is 0 Å². The third-order valence-electron chi connectivity index (χ3n) is 5.64. The topological polar surface area (TPSA) is 115 Å². The van der Waals surface area contributed by atoms with Gasteiger partial charge in [-0.25, -0.2) is 15.0 Å². The van der Waals surface area contributed by atoms with Gasteiger partial charge in [0.25, 0.3) is 5.91 Å². The zero-order valence-electron chi connectivity index (χ0n) is 16.0. The predicted molar refractivity (Wildman–Crippen MR) is 113 cm³/mol. The number of nitrogens with zero attached hydrogens (tertiary/aromatic N) is 4. The average molecular weight is 431 g/mol. The monoisotopic (exact) mass is 430 g/mol. The number of aromatic nitrogens is 3. The van der Waals surface area contributed by atoms with E-state index in [1.54, 1.807) is 18.0 Å². The maximum Gasteiger partial charge on any atom is 0.277 e. The van der Waals surface area contributed by atoms with Crippen molar-refractivity contribution in [2.24, 2.45) is 16.6 Å². The molecule has 0 bridgehead atoms. The Morgan fingerprint density at radius 2 is 2.21 bits per heavy atom. The molecule has 29 heavy (non-hydrogen) atoms. The van der Waals surface area contributed by atoms with Gasteiger partial charge in [-0.05, 0) is 26.2 Å². The third kappa shape index (κ3) is 3.64. The molecule has 5 rings (SSSR count). The SMILES string of the molecule is CC1CC2CSC(N)=NC2(c2nc(NC(=O)c3cnc(C4CC4)cn3)cs2)CO1. The van der Waals surface area contributed by atoms with Crippen molar-refractivity contribution >= 4 is 40.0 Å². The maximum absolute atomic E-state index is 12.5. The Balaban J connectivity index is 1.35. The number of thioether (sulfide) groups is 1. The maximum atomic E-state index is 12.5. The van der Waals surface area contributed by atoms with E-state index in [-0.39, 0.29) is 17.7 Å². The Morgan fingerprint density at radius 1 is 1.34 bits per heavy atom. The minimum atomic E-state index is -0.568. The molecule has 2 aromatic rings. The van der Waals surface area contributed by atoms with Crippen molar-refractivity contribution in [3.8, 4) is 0 Å². The van der Waals surface area contributed by atoms with Crippen molar-refractivity contribution in [3.63, 3.8) is 0 Å². The van der Waals surface area contributed by atoms with E-state index < -0.39 is 5.54 Å². The highest BCUT2D eigenvalue weighted by Crippen LogP contribution is 2.47. The number of fused-ring (bicyclic) bond motifs is 1. The first-order valence-electron chi connectivity index (χ1n) is 9.72. The van der Waals surface area contributed by atoms with Gasteiger partial charge in [-0.2, -0.15) is 0 Å². The zero-order valence-corrected chi connectivity index (χ0v) is 17.6. The Bertz CT molecular complexity index is 958. The highest BCUT2D eigenvalue weighted by Gasteiger charge is 2.49. The molecule has 0 aromatic carbocycles. The lowest BCUT2D eigenvalue weighted by molar-refractivity contribution is -0.0466. The Labute approximate surface area is 176 Å². The number of rotatable bonds is 4. The molecule has 0 radical (unpaired) electrons. The first-order valence-corrected chi connectivity index (χ1v) is 11.6. The number of aliphatic imine (C=N–C) groups is 1. The van der Waals surface area contributed by atoms with E-state index in [1.165, 1.54) is 17.5 Å². The molecule has 1 aliphatic carbocycles. The molecule has 0 spiro atoms. The summed E-state index contributed by atoms with van der Waals surface area (Å²) in [5.41, 5.74) is 6.72. The number of hydrogen-bond acceptors (Lipinski definition) is 9. The molecule has 4 heterocycles. The summed E-state index contributed by atoms with van der Waals surface area (Å²) in [5, 5.41) is 6.04. The number of nitrogens with one attached hydrogen (secondary N) is 1. The molecule has 1 saturated carbocycles. The summed E-state index contributed by atoms with van der Waals surface area (Å²) in [5.74, 6) is 1.88. The lowest BCUT2D eigenvalue weighted by Gasteiger charge is -2.44. The van der Waals surface area contributed by atoms with Crippen LogP contribution in [0.5, 0.6) is 0 Å². The lowest BCUT2D eigenvalue weighted by atomic mass is 9.80. The second-order valence-electron chi connectivity index (χ2n) is 7.83. The molecule has 1 amide bonds. The number of ether oxygens (including phenoxy) is 1. The quantitative estimate of drug-likeness (QED) is 0.766. The smallest absolute Gasteiger partial charge is 0.277 e. The summed E-state index contributed by atoms with van der Waals surface area (Å²) in [6, 6.07) is 0. The van der Waals surface area contributed by atoms with Gasteiger partial charge < -0.3 is 15.8 Å². The fraction of sp³-hybridized carbons (Fsp3) is 0.526. The number of hydrogen-bond donors (Lipinski definition) is 2. The fourth-order valence-electron chi connectivity index (χ4n) is 3.83. The van der Waals surface area contributed by atoms with Gasteiger partial charge in [0.05, 0.1) is 24.6 Å². The van der Waals surface area contributed by atoms with Crippen LogP contribution >= 0.6 is 23.1 Å². The van der Waals surface area contributed by atoms with Crippen LogP contribution in [0.15, 0.2) is 22.8 Å². The van der Waals surface area contributed by atoms with Crippen LogP contribution in [-0.4, -0.2) is 44.5 Å². The number of anilines is 1. The Hall–Kier alpha value is -2.04.